The highest BCUT2D eigenvalue weighted by atomic mass is 16.6. The summed E-state index contributed by atoms with van der Waals surface area (Å²) < 4.78 is 4.59. The number of carbonyl (C=O) groups excluding carboxylic acids is 1. The Morgan fingerprint density at radius 2 is 1.76 bits per heavy atom. The quantitative estimate of drug-likeness (QED) is 0.761. The number of aromatic carboxylic acids is 1. The number of ether oxygens (including phenoxy) is 1. The molecule has 0 spiro atoms. The Balaban J connectivity index is 3.22. The fourth-order valence-electron chi connectivity index (χ4n) is 1.33. The largest absolute Gasteiger partial charge is 0.478 e. The van der Waals surface area contributed by atoms with Gasteiger partial charge in [-0.2, -0.15) is 0 Å². The molecule has 1 unspecified atom stereocenters. The molecule has 1 aromatic rings. The minimum Gasteiger partial charge on any atom is -0.478 e. The standard InChI is InChI=1S/C11H10O6/c1-6(12)17-9(11(15)16)7-4-2-3-5-8(7)10(13)14/h2-5,9H,1H3,(H,13,14)(H,15,16). The second-order valence-corrected chi connectivity index (χ2v) is 3.22. The monoisotopic (exact) mass is 238 g/mol. The van der Waals surface area contributed by atoms with E-state index in [0.717, 1.165) is 6.92 Å². The van der Waals surface area contributed by atoms with E-state index in [0.29, 0.717) is 0 Å². The van der Waals surface area contributed by atoms with E-state index in [1.165, 1.54) is 24.3 Å². The van der Waals surface area contributed by atoms with Crippen molar-refractivity contribution in [1.82, 2.24) is 0 Å². The minimum atomic E-state index is -1.61. The highest BCUT2D eigenvalue weighted by Gasteiger charge is 2.27. The number of hydrogen-bond acceptors (Lipinski definition) is 4. The first-order chi connectivity index (χ1) is 7.93. The molecule has 0 bridgehead atoms. The van der Waals surface area contributed by atoms with Crippen molar-refractivity contribution in [2.75, 3.05) is 0 Å². The molecule has 0 saturated carbocycles. The van der Waals surface area contributed by atoms with Crippen LogP contribution in [0.5, 0.6) is 0 Å². The Bertz CT molecular complexity index is 465. The van der Waals surface area contributed by atoms with Crippen molar-refractivity contribution < 1.29 is 29.3 Å². The molecule has 0 heterocycles. The van der Waals surface area contributed by atoms with Crippen molar-refractivity contribution in [3.63, 3.8) is 0 Å². The summed E-state index contributed by atoms with van der Waals surface area (Å²) in [5, 5.41) is 17.8. The fourth-order valence-corrected chi connectivity index (χ4v) is 1.33. The molecule has 0 aromatic heterocycles. The maximum atomic E-state index is 10.9. The van der Waals surface area contributed by atoms with Gasteiger partial charge in [-0.1, -0.05) is 18.2 Å². The van der Waals surface area contributed by atoms with Gasteiger partial charge in [0.1, 0.15) is 0 Å². The highest BCUT2D eigenvalue weighted by Crippen LogP contribution is 2.22. The molecule has 1 atom stereocenters. The van der Waals surface area contributed by atoms with Crippen LogP contribution in [0.4, 0.5) is 0 Å². The van der Waals surface area contributed by atoms with Crippen molar-refractivity contribution in [3.8, 4) is 0 Å². The van der Waals surface area contributed by atoms with Gasteiger partial charge in [0.2, 0.25) is 6.10 Å². The lowest BCUT2D eigenvalue weighted by molar-refractivity contribution is -0.163. The van der Waals surface area contributed by atoms with Gasteiger partial charge in [-0.15, -0.1) is 0 Å². The maximum absolute atomic E-state index is 10.9. The van der Waals surface area contributed by atoms with Crippen LogP contribution in [0.15, 0.2) is 24.3 Å². The molecule has 6 nitrogen and oxygen atoms in total. The van der Waals surface area contributed by atoms with Crippen molar-refractivity contribution in [2.45, 2.75) is 13.0 Å². The summed E-state index contributed by atoms with van der Waals surface area (Å²) in [5.41, 5.74) is -0.274. The lowest BCUT2D eigenvalue weighted by atomic mass is 10.0. The summed E-state index contributed by atoms with van der Waals surface area (Å²) in [6, 6.07) is 5.48. The molecular formula is C11H10O6. The summed E-state index contributed by atoms with van der Waals surface area (Å²) in [6.07, 6.45) is -1.61. The third-order valence-electron chi connectivity index (χ3n) is 1.98. The van der Waals surface area contributed by atoms with Crippen molar-refractivity contribution in [2.24, 2.45) is 0 Å². The fraction of sp³-hybridized carbons (Fsp3) is 0.182. The molecule has 2 N–H and O–H groups in total. The van der Waals surface area contributed by atoms with Crippen LogP contribution < -0.4 is 0 Å². The van der Waals surface area contributed by atoms with Gasteiger partial charge < -0.3 is 14.9 Å². The van der Waals surface area contributed by atoms with Gasteiger partial charge in [-0.3, -0.25) is 4.79 Å². The smallest absolute Gasteiger partial charge is 0.349 e. The van der Waals surface area contributed by atoms with Crippen LogP contribution in [0.2, 0.25) is 0 Å². The summed E-state index contributed by atoms with van der Waals surface area (Å²) in [6.45, 7) is 1.05. The van der Waals surface area contributed by atoms with Gasteiger partial charge >= 0.3 is 17.9 Å². The van der Waals surface area contributed by atoms with Crippen LogP contribution in [0.3, 0.4) is 0 Å². The molecule has 0 radical (unpaired) electrons. The molecule has 0 aliphatic carbocycles. The summed E-state index contributed by atoms with van der Waals surface area (Å²) in [5.74, 6) is -3.49. The van der Waals surface area contributed by atoms with Crippen LogP contribution in [0, 0.1) is 0 Å². The van der Waals surface area contributed by atoms with E-state index in [2.05, 4.69) is 4.74 Å². The number of aliphatic carboxylic acids is 1. The first-order valence-electron chi connectivity index (χ1n) is 4.65. The molecule has 1 aromatic carbocycles. The van der Waals surface area contributed by atoms with Crippen LogP contribution in [0.25, 0.3) is 0 Å². The van der Waals surface area contributed by atoms with Gasteiger partial charge in [-0.25, -0.2) is 9.59 Å². The molecule has 0 aliphatic rings. The lowest BCUT2D eigenvalue weighted by Gasteiger charge is -2.14. The second kappa shape index (κ2) is 5.11. The van der Waals surface area contributed by atoms with Gasteiger partial charge in [-0.05, 0) is 6.07 Å². The predicted molar refractivity (Wildman–Crippen MR) is 55.5 cm³/mol. The van der Waals surface area contributed by atoms with Crippen LogP contribution in [-0.2, 0) is 14.3 Å². The number of carboxylic acids is 2. The highest BCUT2D eigenvalue weighted by molar-refractivity contribution is 5.92. The zero-order valence-electron chi connectivity index (χ0n) is 8.91. The van der Waals surface area contributed by atoms with E-state index in [4.69, 9.17) is 10.2 Å². The van der Waals surface area contributed by atoms with E-state index in [-0.39, 0.29) is 11.1 Å². The number of esters is 1. The molecule has 0 fully saturated rings. The zero-order chi connectivity index (χ0) is 13.0. The minimum absolute atomic E-state index is 0.0669. The SMILES string of the molecule is CC(=O)OC(C(=O)O)c1ccccc1C(=O)O. The zero-order valence-corrected chi connectivity index (χ0v) is 8.91. The number of carbonyl (C=O) groups is 3. The van der Waals surface area contributed by atoms with E-state index in [9.17, 15) is 14.4 Å². The van der Waals surface area contributed by atoms with E-state index < -0.39 is 24.0 Å². The van der Waals surface area contributed by atoms with Crippen molar-refractivity contribution >= 4 is 17.9 Å². The average molecular weight is 238 g/mol. The van der Waals surface area contributed by atoms with Crippen LogP contribution in [-0.4, -0.2) is 28.1 Å². The molecule has 0 amide bonds. The van der Waals surface area contributed by atoms with E-state index in [1.807, 2.05) is 0 Å². The molecule has 0 aliphatic heterocycles. The molecule has 17 heavy (non-hydrogen) atoms. The third-order valence-corrected chi connectivity index (χ3v) is 1.98. The molecule has 0 saturated heterocycles. The number of benzene rings is 1. The van der Waals surface area contributed by atoms with Crippen molar-refractivity contribution in [1.29, 1.82) is 0 Å². The Morgan fingerprint density at radius 3 is 2.24 bits per heavy atom. The molecule has 6 heteroatoms. The molecular weight excluding hydrogens is 228 g/mol. The molecule has 90 valence electrons. The van der Waals surface area contributed by atoms with Gasteiger partial charge in [0, 0.05) is 12.5 Å². The van der Waals surface area contributed by atoms with E-state index >= 15 is 0 Å². The first-order valence-corrected chi connectivity index (χ1v) is 4.65. The van der Waals surface area contributed by atoms with Crippen molar-refractivity contribution in [3.05, 3.63) is 35.4 Å². The summed E-state index contributed by atoms with van der Waals surface area (Å²) >= 11 is 0. The number of hydrogen-bond donors (Lipinski definition) is 2. The van der Waals surface area contributed by atoms with Crippen LogP contribution in [0.1, 0.15) is 28.9 Å². The Morgan fingerprint density at radius 1 is 1.18 bits per heavy atom. The Hall–Kier alpha value is -2.37. The lowest BCUT2D eigenvalue weighted by Crippen LogP contribution is -2.20. The Kier molecular flexibility index (Phi) is 3.82. The topological polar surface area (TPSA) is 101 Å². The van der Waals surface area contributed by atoms with Crippen LogP contribution >= 0.6 is 0 Å². The predicted octanol–water partition coefficient (Wildman–Crippen LogP) is 1.07. The summed E-state index contributed by atoms with van der Waals surface area (Å²) in [7, 11) is 0. The third kappa shape index (κ3) is 3.04. The summed E-state index contributed by atoms with van der Waals surface area (Å²) in [4.78, 5) is 32.6. The number of carboxylic acid groups (broad SMARTS) is 2. The van der Waals surface area contributed by atoms with E-state index in [1.54, 1.807) is 0 Å². The first kappa shape index (κ1) is 12.7. The number of rotatable bonds is 4. The molecule has 1 rings (SSSR count). The second-order valence-electron chi connectivity index (χ2n) is 3.22. The maximum Gasteiger partial charge on any atom is 0.349 e. The van der Waals surface area contributed by atoms with Gasteiger partial charge in [0.05, 0.1) is 5.56 Å². The van der Waals surface area contributed by atoms with Gasteiger partial charge in [0.25, 0.3) is 0 Å². The average Bonchev–Trinajstić information content (AvgIpc) is 2.25. The Labute approximate surface area is 96.4 Å². The normalized spacial score (nSPS) is 11.6. The van der Waals surface area contributed by atoms with Gasteiger partial charge in [0.15, 0.2) is 0 Å².